The van der Waals surface area contributed by atoms with E-state index in [0.29, 0.717) is 13.0 Å². The minimum atomic E-state index is -1.09. The Kier molecular flexibility index (Phi) is 4.99. The third kappa shape index (κ3) is 4.59. The van der Waals surface area contributed by atoms with Crippen molar-refractivity contribution in [2.75, 3.05) is 6.54 Å². The van der Waals surface area contributed by atoms with Crippen LogP contribution in [-0.2, 0) is 0 Å². The quantitative estimate of drug-likeness (QED) is 0.474. The predicted molar refractivity (Wildman–Crippen MR) is 70.1 cm³/mol. The minimum absolute atomic E-state index is 0.0191. The molecule has 0 aromatic rings. The Morgan fingerprint density at radius 1 is 1.26 bits per heavy atom. The van der Waals surface area contributed by atoms with E-state index in [1.165, 1.54) is 0 Å². The maximum Gasteiger partial charge on any atom is 0.404 e. The van der Waals surface area contributed by atoms with Crippen LogP contribution in [0.1, 0.15) is 33.1 Å². The molecule has 19 heavy (non-hydrogen) atoms. The van der Waals surface area contributed by atoms with E-state index in [-0.39, 0.29) is 23.4 Å². The number of nitrogens with one attached hydrogen (secondary N) is 2. The summed E-state index contributed by atoms with van der Waals surface area (Å²) in [5.41, 5.74) is 5.66. The third-order valence-corrected chi connectivity index (χ3v) is 4.08. The van der Waals surface area contributed by atoms with Crippen LogP contribution in [0.15, 0.2) is 0 Å². The fourth-order valence-electron chi connectivity index (χ4n) is 2.33. The summed E-state index contributed by atoms with van der Waals surface area (Å²) in [4.78, 5) is 21.5. The van der Waals surface area contributed by atoms with Crippen LogP contribution < -0.4 is 16.4 Å². The van der Waals surface area contributed by atoms with Gasteiger partial charge in [-0.15, -0.1) is 0 Å². The van der Waals surface area contributed by atoms with Crippen molar-refractivity contribution in [1.29, 1.82) is 0 Å². The number of rotatable bonds is 7. The zero-order valence-corrected chi connectivity index (χ0v) is 11.3. The van der Waals surface area contributed by atoms with E-state index in [4.69, 9.17) is 15.9 Å². The molecule has 0 saturated heterocycles. The van der Waals surface area contributed by atoms with Gasteiger partial charge in [0.15, 0.2) is 0 Å². The minimum Gasteiger partial charge on any atom is -0.465 e. The molecule has 0 aromatic heterocycles. The molecule has 0 bridgehead atoms. The molecule has 3 atom stereocenters. The lowest BCUT2D eigenvalue weighted by molar-refractivity contribution is 0.169. The highest BCUT2D eigenvalue weighted by atomic mass is 16.4. The second-order valence-electron chi connectivity index (χ2n) is 5.63. The van der Waals surface area contributed by atoms with E-state index in [9.17, 15) is 9.59 Å². The van der Waals surface area contributed by atoms with Crippen molar-refractivity contribution in [3.05, 3.63) is 0 Å². The summed E-state index contributed by atoms with van der Waals surface area (Å²) in [6.45, 7) is 4.10. The van der Waals surface area contributed by atoms with Gasteiger partial charge in [0.2, 0.25) is 0 Å². The van der Waals surface area contributed by atoms with Crippen LogP contribution in [0.3, 0.4) is 0 Å². The first-order valence-electron chi connectivity index (χ1n) is 6.47. The monoisotopic (exact) mass is 273 g/mol. The lowest BCUT2D eigenvalue weighted by atomic mass is 9.86. The maximum absolute atomic E-state index is 10.8. The van der Waals surface area contributed by atoms with E-state index in [1.807, 2.05) is 6.92 Å². The molecule has 1 aliphatic carbocycles. The SMILES string of the molecule is C[C@@H](NC(=O)O)[C@H](CN)CC(NC(=O)O)C1(C)CC1. The van der Waals surface area contributed by atoms with Crippen molar-refractivity contribution in [2.45, 2.75) is 45.2 Å². The van der Waals surface area contributed by atoms with Gasteiger partial charge in [0, 0.05) is 12.1 Å². The number of amides is 2. The van der Waals surface area contributed by atoms with E-state index in [0.717, 1.165) is 12.8 Å². The summed E-state index contributed by atoms with van der Waals surface area (Å²) in [5.74, 6) is -0.0922. The van der Waals surface area contributed by atoms with Gasteiger partial charge in [-0.1, -0.05) is 6.92 Å². The Morgan fingerprint density at radius 2 is 1.79 bits per heavy atom. The normalized spacial score (nSPS) is 21.0. The van der Waals surface area contributed by atoms with Gasteiger partial charge in [0.05, 0.1) is 0 Å². The van der Waals surface area contributed by atoms with E-state index < -0.39 is 12.2 Å². The third-order valence-electron chi connectivity index (χ3n) is 4.08. The van der Waals surface area contributed by atoms with Gasteiger partial charge in [-0.3, -0.25) is 0 Å². The summed E-state index contributed by atoms with van der Waals surface area (Å²) in [6.07, 6.45) is 0.367. The van der Waals surface area contributed by atoms with Crippen molar-refractivity contribution in [3.63, 3.8) is 0 Å². The standard InChI is InChI=1S/C12H23N3O4/c1-7(14-10(16)17)8(6-13)5-9(15-11(18)19)12(2)3-4-12/h7-9,14-15H,3-6,13H2,1-2H3,(H,16,17)(H,18,19)/t7-,8+,9?/m1/s1. The first-order chi connectivity index (χ1) is 8.78. The van der Waals surface area contributed by atoms with Crippen molar-refractivity contribution in [2.24, 2.45) is 17.1 Å². The molecule has 1 unspecified atom stereocenters. The number of carbonyl (C=O) groups is 2. The number of nitrogens with two attached hydrogens (primary N) is 1. The molecule has 7 nitrogen and oxygen atoms in total. The molecule has 0 aliphatic heterocycles. The summed E-state index contributed by atoms with van der Waals surface area (Å²) >= 11 is 0. The fourth-order valence-corrected chi connectivity index (χ4v) is 2.33. The molecule has 2 amide bonds. The molecule has 0 radical (unpaired) electrons. The van der Waals surface area contributed by atoms with Crippen LogP contribution in [0, 0.1) is 11.3 Å². The summed E-state index contributed by atoms with van der Waals surface area (Å²) in [7, 11) is 0. The van der Waals surface area contributed by atoms with E-state index in [1.54, 1.807) is 6.92 Å². The highest BCUT2D eigenvalue weighted by molar-refractivity contribution is 5.65. The number of hydrogen-bond acceptors (Lipinski definition) is 3. The Balaban J connectivity index is 2.64. The second kappa shape index (κ2) is 6.10. The van der Waals surface area contributed by atoms with Crippen LogP contribution in [0.4, 0.5) is 9.59 Å². The Bertz CT molecular complexity index is 344. The van der Waals surface area contributed by atoms with E-state index in [2.05, 4.69) is 10.6 Å². The molecule has 1 rings (SSSR count). The van der Waals surface area contributed by atoms with Crippen molar-refractivity contribution in [3.8, 4) is 0 Å². The predicted octanol–water partition coefficient (Wildman–Crippen LogP) is 1.04. The number of carboxylic acid groups (broad SMARTS) is 2. The Labute approximate surface area is 112 Å². The summed E-state index contributed by atoms with van der Waals surface area (Å²) in [5, 5.41) is 22.5. The zero-order valence-electron chi connectivity index (χ0n) is 11.3. The molecular weight excluding hydrogens is 250 g/mol. The molecule has 7 heteroatoms. The van der Waals surface area contributed by atoms with Crippen molar-refractivity contribution >= 4 is 12.2 Å². The van der Waals surface area contributed by atoms with Gasteiger partial charge < -0.3 is 26.6 Å². The highest BCUT2D eigenvalue weighted by Crippen LogP contribution is 2.49. The van der Waals surface area contributed by atoms with Crippen LogP contribution >= 0.6 is 0 Å². The number of hydrogen-bond donors (Lipinski definition) is 5. The topological polar surface area (TPSA) is 125 Å². The average Bonchev–Trinajstić information content (AvgIpc) is 3.02. The van der Waals surface area contributed by atoms with Gasteiger partial charge in [-0.05, 0) is 44.1 Å². The molecule has 110 valence electrons. The smallest absolute Gasteiger partial charge is 0.404 e. The van der Waals surface area contributed by atoms with Crippen LogP contribution in [0.2, 0.25) is 0 Å². The molecule has 1 saturated carbocycles. The molecular formula is C12H23N3O4. The van der Waals surface area contributed by atoms with Gasteiger partial charge in [-0.2, -0.15) is 0 Å². The molecule has 1 aliphatic rings. The summed E-state index contributed by atoms with van der Waals surface area (Å²) in [6, 6.07) is -0.487. The lowest BCUT2D eigenvalue weighted by Crippen LogP contribution is -2.47. The first-order valence-corrected chi connectivity index (χ1v) is 6.47. The zero-order chi connectivity index (χ0) is 14.6. The van der Waals surface area contributed by atoms with Crippen LogP contribution in [-0.4, -0.2) is 41.0 Å². The van der Waals surface area contributed by atoms with Gasteiger partial charge in [0.25, 0.3) is 0 Å². The largest absolute Gasteiger partial charge is 0.465 e. The van der Waals surface area contributed by atoms with Gasteiger partial charge in [0.1, 0.15) is 0 Å². The lowest BCUT2D eigenvalue weighted by Gasteiger charge is -2.30. The molecule has 1 fully saturated rings. The van der Waals surface area contributed by atoms with Crippen LogP contribution in [0.25, 0.3) is 0 Å². The second-order valence-corrected chi connectivity index (χ2v) is 5.63. The van der Waals surface area contributed by atoms with Gasteiger partial charge in [-0.25, -0.2) is 9.59 Å². The van der Waals surface area contributed by atoms with E-state index >= 15 is 0 Å². The van der Waals surface area contributed by atoms with Crippen molar-refractivity contribution < 1.29 is 19.8 Å². The van der Waals surface area contributed by atoms with Crippen molar-refractivity contribution in [1.82, 2.24) is 10.6 Å². The van der Waals surface area contributed by atoms with Crippen LogP contribution in [0.5, 0.6) is 0 Å². The first kappa shape index (κ1) is 15.6. The maximum atomic E-state index is 10.8. The highest BCUT2D eigenvalue weighted by Gasteiger charge is 2.46. The average molecular weight is 273 g/mol. The summed E-state index contributed by atoms with van der Waals surface area (Å²) < 4.78 is 0. The molecule has 0 aromatic carbocycles. The molecule has 0 spiro atoms. The Hall–Kier alpha value is -1.50. The molecule has 6 N–H and O–H groups in total. The fraction of sp³-hybridized carbons (Fsp3) is 0.833. The van der Waals surface area contributed by atoms with Gasteiger partial charge >= 0.3 is 12.2 Å². The molecule has 0 heterocycles. The Morgan fingerprint density at radius 3 is 2.16 bits per heavy atom.